The van der Waals surface area contributed by atoms with Gasteiger partial charge in [0.05, 0.1) is 5.75 Å². The third kappa shape index (κ3) is 3.78. The Kier molecular flexibility index (Phi) is 5.04. The molecule has 0 unspecified atom stereocenters. The van der Waals surface area contributed by atoms with Gasteiger partial charge in [0.2, 0.25) is 10.0 Å². The summed E-state index contributed by atoms with van der Waals surface area (Å²) in [6.45, 7) is 3.97. The minimum absolute atomic E-state index is 0.303. The summed E-state index contributed by atoms with van der Waals surface area (Å²) in [4.78, 5) is 4.32. The van der Waals surface area contributed by atoms with E-state index in [0.29, 0.717) is 24.8 Å². The van der Waals surface area contributed by atoms with Crippen LogP contribution in [0.25, 0.3) is 5.65 Å². The van der Waals surface area contributed by atoms with E-state index < -0.39 is 10.0 Å². The first-order valence-corrected chi connectivity index (χ1v) is 11.1. The molecule has 0 N–H and O–H groups in total. The summed E-state index contributed by atoms with van der Waals surface area (Å²) < 4.78 is 27.3. The van der Waals surface area contributed by atoms with Crippen LogP contribution < -0.4 is 4.90 Å². The number of piperidine rings is 1. The predicted molar refractivity (Wildman–Crippen MR) is 104 cm³/mol. The molecule has 0 aromatic carbocycles. The monoisotopic (exact) mass is 393 g/mol. The number of aromatic nitrogens is 4. The molecule has 2 aromatic rings. The molecule has 0 aliphatic carbocycles. The molecule has 9 nitrogen and oxygen atoms in total. The van der Waals surface area contributed by atoms with Crippen molar-refractivity contribution in [3.8, 4) is 0 Å². The summed E-state index contributed by atoms with van der Waals surface area (Å²) in [7, 11) is 0.942. The molecule has 2 aromatic heterocycles. The normalized spacial score (nSPS) is 21.9. The van der Waals surface area contributed by atoms with Crippen molar-refractivity contribution in [1.82, 2.24) is 29.0 Å². The van der Waals surface area contributed by atoms with E-state index in [2.05, 4.69) is 20.2 Å². The maximum absolute atomic E-state index is 11.9. The molecular weight excluding hydrogens is 366 g/mol. The SMILES string of the molecule is CN(C)c1ccc2nnc(C3CCN(CCN4CCCS4(=O)=O)CC3)n2n1. The molecule has 148 valence electrons. The molecule has 0 amide bonds. The van der Waals surface area contributed by atoms with Gasteiger partial charge in [-0.1, -0.05) is 0 Å². The van der Waals surface area contributed by atoms with E-state index in [0.717, 1.165) is 56.2 Å². The van der Waals surface area contributed by atoms with Gasteiger partial charge < -0.3 is 9.80 Å². The minimum atomic E-state index is -3.00. The van der Waals surface area contributed by atoms with E-state index >= 15 is 0 Å². The first kappa shape index (κ1) is 18.6. The van der Waals surface area contributed by atoms with Crippen LogP contribution in [0.5, 0.6) is 0 Å². The maximum Gasteiger partial charge on any atom is 0.214 e. The summed E-state index contributed by atoms with van der Waals surface area (Å²) in [6, 6.07) is 3.90. The van der Waals surface area contributed by atoms with Crippen LogP contribution in [0.2, 0.25) is 0 Å². The Labute approximate surface area is 160 Å². The summed E-state index contributed by atoms with van der Waals surface area (Å²) in [5.41, 5.74) is 0.775. The molecule has 2 fully saturated rings. The average molecular weight is 394 g/mol. The third-order valence-corrected chi connectivity index (χ3v) is 7.51. The molecule has 0 saturated carbocycles. The number of likely N-dealkylation sites (tertiary alicyclic amines) is 1. The van der Waals surface area contributed by atoms with E-state index in [1.54, 1.807) is 4.31 Å². The Morgan fingerprint density at radius 1 is 1.11 bits per heavy atom. The van der Waals surface area contributed by atoms with Crippen LogP contribution in [0.1, 0.15) is 31.0 Å². The highest BCUT2D eigenvalue weighted by Gasteiger charge is 2.30. The van der Waals surface area contributed by atoms with E-state index in [9.17, 15) is 8.42 Å². The first-order valence-electron chi connectivity index (χ1n) is 9.54. The summed E-state index contributed by atoms with van der Waals surface area (Å²) in [6.07, 6.45) is 2.73. The van der Waals surface area contributed by atoms with Crippen molar-refractivity contribution in [2.45, 2.75) is 25.2 Å². The highest BCUT2D eigenvalue weighted by atomic mass is 32.2. The van der Waals surface area contributed by atoms with Gasteiger partial charge in [-0.25, -0.2) is 12.7 Å². The lowest BCUT2D eigenvalue weighted by molar-refractivity contribution is 0.197. The van der Waals surface area contributed by atoms with Gasteiger partial charge in [-0.15, -0.1) is 15.3 Å². The second kappa shape index (κ2) is 7.33. The van der Waals surface area contributed by atoms with E-state index in [-0.39, 0.29) is 0 Å². The van der Waals surface area contributed by atoms with Crippen LogP contribution >= 0.6 is 0 Å². The summed E-state index contributed by atoms with van der Waals surface area (Å²) in [5.74, 6) is 2.44. The van der Waals surface area contributed by atoms with Gasteiger partial charge in [0, 0.05) is 39.6 Å². The molecule has 0 radical (unpaired) electrons. The van der Waals surface area contributed by atoms with Gasteiger partial charge >= 0.3 is 0 Å². The summed E-state index contributed by atoms with van der Waals surface area (Å²) >= 11 is 0. The highest BCUT2D eigenvalue weighted by Crippen LogP contribution is 2.27. The van der Waals surface area contributed by atoms with Gasteiger partial charge in [-0.2, -0.15) is 4.52 Å². The predicted octanol–water partition coefficient (Wildman–Crippen LogP) is 0.405. The van der Waals surface area contributed by atoms with Crippen LogP contribution in [0, 0.1) is 0 Å². The first-order chi connectivity index (χ1) is 12.9. The fourth-order valence-corrected chi connectivity index (χ4v) is 5.42. The number of sulfonamides is 1. The van der Waals surface area contributed by atoms with Crippen molar-refractivity contribution in [2.75, 3.05) is 57.5 Å². The molecule has 4 heterocycles. The molecule has 0 atom stereocenters. The Balaban J connectivity index is 1.38. The fourth-order valence-electron chi connectivity index (χ4n) is 3.90. The number of hydrogen-bond donors (Lipinski definition) is 0. The third-order valence-electron chi connectivity index (χ3n) is 5.55. The van der Waals surface area contributed by atoms with E-state index in [1.807, 2.05) is 35.6 Å². The van der Waals surface area contributed by atoms with Gasteiger partial charge in [-0.3, -0.25) is 0 Å². The molecule has 2 saturated heterocycles. The standard InChI is InChI=1S/C17H27N7O2S/c1-21(2)16-5-4-15-18-19-17(24(15)20-16)14-6-9-22(10-7-14)11-12-23-8-3-13-27(23,25)26/h4-5,14H,3,6-13H2,1-2H3. The molecule has 0 spiro atoms. The Hall–Kier alpha value is -1.78. The Bertz CT molecular complexity index is 903. The van der Waals surface area contributed by atoms with Crippen LogP contribution in [-0.4, -0.2) is 90.0 Å². The highest BCUT2D eigenvalue weighted by molar-refractivity contribution is 7.89. The second-order valence-electron chi connectivity index (χ2n) is 7.60. The molecule has 27 heavy (non-hydrogen) atoms. The average Bonchev–Trinajstić information content (AvgIpc) is 3.22. The van der Waals surface area contributed by atoms with Crippen molar-refractivity contribution in [3.63, 3.8) is 0 Å². The van der Waals surface area contributed by atoms with Gasteiger partial charge in [0.15, 0.2) is 11.5 Å². The van der Waals surface area contributed by atoms with Gasteiger partial charge in [0.1, 0.15) is 5.82 Å². The van der Waals surface area contributed by atoms with Crippen molar-refractivity contribution in [2.24, 2.45) is 0 Å². The minimum Gasteiger partial charge on any atom is -0.361 e. The fraction of sp³-hybridized carbons (Fsp3) is 0.706. The van der Waals surface area contributed by atoms with Gasteiger partial charge in [-0.05, 0) is 44.5 Å². The molecular formula is C17H27N7O2S. The van der Waals surface area contributed by atoms with E-state index in [1.165, 1.54) is 0 Å². The number of nitrogens with zero attached hydrogens (tertiary/aromatic N) is 7. The zero-order valence-electron chi connectivity index (χ0n) is 16.0. The molecule has 2 aliphatic rings. The zero-order chi connectivity index (χ0) is 19.0. The van der Waals surface area contributed by atoms with Crippen LogP contribution in [0.3, 0.4) is 0 Å². The van der Waals surface area contributed by atoms with Gasteiger partial charge in [0.25, 0.3) is 0 Å². The molecule has 2 aliphatic heterocycles. The quantitative estimate of drug-likeness (QED) is 0.727. The summed E-state index contributed by atoms with van der Waals surface area (Å²) in [5, 5.41) is 13.3. The van der Waals surface area contributed by atoms with Crippen LogP contribution in [0.4, 0.5) is 5.82 Å². The maximum atomic E-state index is 11.9. The lowest BCUT2D eigenvalue weighted by atomic mass is 9.96. The second-order valence-corrected chi connectivity index (χ2v) is 9.69. The van der Waals surface area contributed by atoms with Crippen LogP contribution in [-0.2, 0) is 10.0 Å². The number of rotatable bonds is 5. The lowest BCUT2D eigenvalue weighted by Crippen LogP contribution is -2.40. The van der Waals surface area contributed by atoms with Crippen molar-refractivity contribution in [3.05, 3.63) is 18.0 Å². The Morgan fingerprint density at radius 2 is 1.89 bits per heavy atom. The Morgan fingerprint density at radius 3 is 2.56 bits per heavy atom. The molecule has 10 heteroatoms. The number of fused-ring (bicyclic) bond motifs is 1. The van der Waals surface area contributed by atoms with Crippen molar-refractivity contribution < 1.29 is 8.42 Å². The van der Waals surface area contributed by atoms with Crippen molar-refractivity contribution in [1.29, 1.82) is 0 Å². The van der Waals surface area contributed by atoms with Crippen LogP contribution in [0.15, 0.2) is 12.1 Å². The zero-order valence-corrected chi connectivity index (χ0v) is 16.8. The number of anilines is 1. The molecule has 0 bridgehead atoms. The smallest absolute Gasteiger partial charge is 0.214 e. The number of hydrogen-bond acceptors (Lipinski definition) is 7. The van der Waals surface area contributed by atoms with Crippen molar-refractivity contribution >= 4 is 21.5 Å². The van der Waals surface area contributed by atoms with E-state index in [4.69, 9.17) is 0 Å². The largest absolute Gasteiger partial charge is 0.361 e. The lowest BCUT2D eigenvalue weighted by Gasteiger charge is -2.31. The topological polar surface area (TPSA) is 86.9 Å². The molecule has 4 rings (SSSR count).